The Labute approximate surface area is 119 Å². The Kier molecular flexibility index (Phi) is 2.84. The van der Waals surface area contributed by atoms with Gasteiger partial charge in [0.25, 0.3) is 0 Å². The van der Waals surface area contributed by atoms with Crippen molar-refractivity contribution in [2.75, 3.05) is 0 Å². The standard InChI is InChI=1S/C19H19N/c1-2-6-14(7-3-1)12-15-10-11-17-16-8-4-5-9-18(16)20-19(17)13-15/h1-9,15,20H,10-13H2. The Morgan fingerprint density at radius 2 is 1.75 bits per heavy atom. The van der Waals surface area contributed by atoms with Crippen molar-refractivity contribution in [3.05, 3.63) is 71.4 Å². The minimum absolute atomic E-state index is 0.776. The van der Waals surface area contributed by atoms with Crippen molar-refractivity contribution < 1.29 is 0 Å². The number of hydrogen-bond donors (Lipinski definition) is 1. The number of rotatable bonds is 2. The second-order valence-electron chi connectivity index (χ2n) is 5.93. The number of H-pyrrole nitrogens is 1. The molecule has 0 saturated carbocycles. The van der Waals surface area contributed by atoms with Gasteiger partial charge < -0.3 is 4.98 Å². The predicted molar refractivity (Wildman–Crippen MR) is 84.0 cm³/mol. The molecule has 0 bridgehead atoms. The van der Waals surface area contributed by atoms with Crippen molar-refractivity contribution in [3.8, 4) is 0 Å². The summed E-state index contributed by atoms with van der Waals surface area (Å²) in [5.74, 6) is 0.776. The number of aryl methyl sites for hydroxylation is 1. The van der Waals surface area contributed by atoms with Crippen LogP contribution in [0.3, 0.4) is 0 Å². The van der Waals surface area contributed by atoms with Crippen LogP contribution in [0.25, 0.3) is 10.9 Å². The molecule has 100 valence electrons. The fourth-order valence-corrected chi connectivity index (χ4v) is 3.58. The van der Waals surface area contributed by atoms with Gasteiger partial charge in [0, 0.05) is 16.6 Å². The fraction of sp³-hybridized carbons (Fsp3) is 0.263. The van der Waals surface area contributed by atoms with Crippen LogP contribution in [0.1, 0.15) is 23.2 Å². The van der Waals surface area contributed by atoms with Gasteiger partial charge in [0.1, 0.15) is 0 Å². The minimum Gasteiger partial charge on any atom is -0.358 e. The van der Waals surface area contributed by atoms with Crippen molar-refractivity contribution in [2.24, 2.45) is 5.92 Å². The lowest BCUT2D eigenvalue weighted by Crippen LogP contribution is -2.16. The highest BCUT2D eigenvalue weighted by atomic mass is 14.7. The summed E-state index contributed by atoms with van der Waals surface area (Å²) < 4.78 is 0. The molecule has 0 aliphatic heterocycles. The van der Waals surface area contributed by atoms with Crippen LogP contribution in [-0.2, 0) is 19.3 Å². The molecule has 1 heteroatoms. The average molecular weight is 261 g/mol. The van der Waals surface area contributed by atoms with E-state index in [0.29, 0.717) is 0 Å². The molecule has 0 radical (unpaired) electrons. The van der Waals surface area contributed by atoms with E-state index in [2.05, 4.69) is 59.6 Å². The molecule has 1 heterocycles. The van der Waals surface area contributed by atoms with Gasteiger partial charge in [-0.1, -0.05) is 48.5 Å². The van der Waals surface area contributed by atoms with Gasteiger partial charge in [0.15, 0.2) is 0 Å². The number of nitrogens with one attached hydrogen (secondary N) is 1. The maximum absolute atomic E-state index is 3.63. The van der Waals surface area contributed by atoms with Crippen LogP contribution in [0.5, 0.6) is 0 Å². The van der Waals surface area contributed by atoms with Gasteiger partial charge in [-0.25, -0.2) is 0 Å². The van der Waals surface area contributed by atoms with E-state index >= 15 is 0 Å². The normalized spacial score (nSPS) is 18.1. The van der Waals surface area contributed by atoms with Crippen LogP contribution in [-0.4, -0.2) is 4.98 Å². The van der Waals surface area contributed by atoms with Crippen LogP contribution in [0.4, 0.5) is 0 Å². The van der Waals surface area contributed by atoms with E-state index in [1.54, 1.807) is 5.56 Å². The van der Waals surface area contributed by atoms with Crippen LogP contribution in [0.15, 0.2) is 54.6 Å². The molecular weight excluding hydrogens is 242 g/mol. The lowest BCUT2D eigenvalue weighted by molar-refractivity contribution is 0.453. The molecule has 1 aliphatic rings. The zero-order valence-electron chi connectivity index (χ0n) is 11.6. The average Bonchev–Trinajstić information content (AvgIpc) is 2.86. The first-order valence-corrected chi connectivity index (χ1v) is 7.52. The monoisotopic (exact) mass is 261 g/mol. The highest BCUT2D eigenvalue weighted by Crippen LogP contribution is 2.32. The Morgan fingerprint density at radius 3 is 2.65 bits per heavy atom. The number of aromatic amines is 1. The molecule has 20 heavy (non-hydrogen) atoms. The molecule has 0 saturated heterocycles. The Morgan fingerprint density at radius 1 is 0.950 bits per heavy atom. The summed E-state index contributed by atoms with van der Waals surface area (Å²) in [6, 6.07) is 19.6. The van der Waals surface area contributed by atoms with E-state index < -0.39 is 0 Å². The zero-order valence-corrected chi connectivity index (χ0v) is 11.6. The van der Waals surface area contributed by atoms with E-state index in [0.717, 1.165) is 5.92 Å². The van der Waals surface area contributed by atoms with Gasteiger partial charge >= 0.3 is 0 Å². The third-order valence-corrected chi connectivity index (χ3v) is 4.56. The largest absolute Gasteiger partial charge is 0.358 e. The van der Waals surface area contributed by atoms with Crippen molar-refractivity contribution in [1.29, 1.82) is 0 Å². The molecule has 1 aromatic heterocycles. The van der Waals surface area contributed by atoms with E-state index in [-0.39, 0.29) is 0 Å². The molecular formula is C19H19N. The first kappa shape index (κ1) is 11.8. The van der Waals surface area contributed by atoms with Crippen LogP contribution >= 0.6 is 0 Å². The summed E-state index contributed by atoms with van der Waals surface area (Å²) >= 11 is 0. The molecule has 0 spiro atoms. The van der Waals surface area contributed by atoms with Gasteiger partial charge in [-0.2, -0.15) is 0 Å². The van der Waals surface area contributed by atoms with Crippen molar-refractivity contribution in [3.63, 3.8) is 0 Å². The SMILES string of the molecule is c1ccc(CC2CCc3c([nH]c4ccccc34)C2)cc1. The number of benzene rings is 2. The molecule has 1 aliphatic carbocycles. The number of para-hydroxylation sites is 1. The Hall–Kier alpha value is -2.02. The first-order valence-electron chi connectivity index (χ1n) is 7.52. The summed E-state index contributed by atoms with van der Waals surface area (Å²) in [6.07, 6.45) is 4.93. The molecule has 0 amide bonds. The van der Waals surface area contributed by atoms with Gasteiger partial charge in [-0.15, -0.1) is 0 Å². The van der Waals surface area contributed by atoms with Gasteiger partial charge in [0.2, 0.25) is 0 Å². The van der Waals surface area contributed by atoms with Crippen molar-refractivity contribution in [1.82, 2.24) is 4.98 Å². The highest BCUT2D eigenvalue weighted by molar-refractivity contribution is 5.84. The number of hydrogen-bond acceptors (Lipinski definition) is 0. The molecule has 1 N–H and O–H groups in total. The lowest BCUT2D eigenvalue weighted by Gasteiger charge is -2.22. The van der Waals surface area contributed by atoms with Crippen molar-refractivity contribution in [2.45, 2.75) is 25.7 Å². The Bertz CT molecular complexity index is 724. The predicted octanol–water partition coefficient (Wildman–Crippen LogP) is 4.52. The van der Waals surface area contributed by atoms with E-state index in [4.69, 9.17) is 0 Å². The van der Waals surface area contributed by atoms with Crippen molar-refractivity contribution >= 4 is 10.9 Å². The minimum atomic E-state index is 0.776. The molecule has 1 unspecified atom stereocenters. The van der Waals surface area contributed by atoms with Gasteiger partial charge in [-0.3, -0.25) is 0 Å². The van der Waals surface area contributed by atoms with Gasteiger partial charge in [0.05, 0.1) is 0 Å². The maximum atomic E-state index is 3.63. The summed E-state index contributed by atoms with van der Waals surface area (Å²) in [5, 5.41) is 1.43. The van der Waals surface area contributed by atoms with Crippen LogP contribution in [0.2, 0.25) is 0 Å². The molecule has 4 rings (SSSR count). The van der Waals surface area contributed by atoms with Crippen LogP contribution < -0.4 is 0 Å². The lowest BCUT2D eigenvalue weighted by atomic mass is 9.83. The zero-order chi connectivity index (χ0) is 13.4. The second-order valence-corrected chi connectivity index (χ2v) is 5.93. The van der Waals surface area contributed by atoms with Crippen LogP contribution in [0, 0.1) is 5.92 Å². The van der Waals surface area contributed by atoms with E-state index in [1.165, 1.54) is 47.8 Å². The third-order valence-electron chi connectivity index (χ3n) is 4.56. The van der Waals surface area contributed by atoms with E-state index in [1.807, 2.05) is 0 Å². The topological polar surface area (TPSA) is 15.8 Å². The van der Waals surface area contributed by atoms with Gasteiger partial charge in [-0.05, 0) is 48.8 Å². The maximum Gasteiger partial charge on any atom is 0.0458 e. The number of fused-ring (bicyclic) bond motifs is 3. The first-order chi connectivity index (χ1) is 9.90. The highest BCUT2D eigenvalue weighted by Gasteiger charge is 2.22. The third kappa shape index (κ3) is 2.03. The molecule has 0 fully saturated rings. The molecule has 3 aromatic rings. The Balaban J connectivity index is 1.60. The summed E-state index contributed by atoms with van der Waals surface area (Å²) in [5.41, 5.74) is 5.80. The molecule has 1 atom stereocenters. The molecule has 1 nitrogen and oxygen atoms in total. The molecule has 2 aromatic carbocycles. The van der Waals surface area contributed by atoms with E-state index in [9.17, 15) is 0 Å². The summed E-state index contributed by atoms with van der Waals surface area (Å²) in [7, 11) is 0. The summed E-state index contributed by atoms with van der Waals surface area (Å²) in [6.45, 7) is 0. The quantitative estimate of drug-likeness (QED) is 0.698. The summed E-state index contributed by atoms with van der Waals surface area (Å²) in [4.78, 5) is 3.63. The smallest absolute Gasteiger partial charge is 0.0458 e. The number of aromatic nitrogens is 1. The second kappa shape index (κ2) is 4.82. The fourth-order valence-electron chi connectivity index (χ4n) is 3.58.